The summed E-state index contributed by atoms with van der Waals surface area (Å²) in [6, 6.07) is 43.0. The van der Waals surface area contributed by atoms with Gasteiger partial charge in [0.25, 0.3) is 0 Å². The van der Waals surface area contributed by atoms with Crippen LogP contribution in [0.5, 0.6) is 0 Å². The van der Waals surface area contributed by atoms with Crippen LogP contribution < -0.4 is 4.90 Å². The fourth-order valence-corrected chi connectivity index (χ4v) is 7.40. The van der Waals surface area contributed by atoms with Crippen LogP contribution in [0.4, 0.5) is 17.2 Å². The molecule has 0 unspecified atom stereocenters. The number of nitrogens with zero attached hydrogens (tertiary/aromatic N) is 9. The van der Waals surface area contributed by atoms with E-state index >= 15 is 0 Å². The quantitative estimate of drug-likeness (QED) is 0.158. The van der Waals surface area contributed by atoms with E-state index in [0.29, 0.717) is 50.4 Å². The topological polar surface area (TPSA) is 130 Å². The predicted molar refractivity (Wildman–Crippen MR) is 219 cm³/mol. The van der Waals surface area contributed by atoms with Gasteiger partial charge >= 0.3 is 0 Å². The van der Waals surface area contributed by atoms with E-state index in [1.54, 1.807) is 31.0 Å². The highest BCUT2D eigenvalue weighted by molar-refractivity contribution is 6.18. The largest absolute Gasteiger partial charge is 0.436 e. The molecule has 4 aromatic heterocycles. The first-order valence-corrected chi connectivity index (χ1v) is 17.9. The number of fused-ring (bicyclic) bond motifs is 9. The summed E-state index contributed by atoms with van der Waals surface area (Å²) in [6.45, 7) is 0. The second-order valence-corrected chi connectivity index (χ2v) is 13.4. The van der Waals surface area contributed by atoms with Gasteiger partial charge in [-0.1, -0.05) is 48.5 Å². The van der Waals surface area contributed by atoms with Crippen LogP contribution in [-0.4, -0.2) is 34.9 Å². The van der Waals surface area contributed by atoms with Gasteiger partial charge in [0.15, 0.2) is 11.4 Å². The number of para-hydroxylation sites is 2. The number of anilines is 3. The molecule has 11 rings (SSSR count). The summed E-state index contributed by atoms with van der Waals surface area (Å²) in [5.41, 5.74) is 10.6. The van der Waals surface area contributed by atoms with Crippen LogP contribution in [0.3, 0.4) is 0 Å². The molecule has 0 saturated heterocycles. The van der Waals surface area contributed by atoms with Gasteiger partial charge in [-0.25, -0.2) is 15.0 Å². The zero-order valence-electron chi connectivity index (χ0n) is 29.4. The molecule has 0 saturated carbocycles. The maximum absolute atomic E-state index is 9.33. The zero-order valence-corrected chi connectivity index (χ0v) is 29.4. The lowest BCUT2D eigenvalue weighted by Crippen LogP contribution is -2.12. The molecule has 0 spiro atoms. The molecule has 0 radical (unpaired) electrons. The van der Waals surface area contributed by atoms with Gasteiger partial charge in [-0.3, -0.25) is 24.8 Å². The third-order valence-electron chi connectivity index (χ3n) is 10.1. The average molecular weight is 720 g/mol. The summed E-state index contributed by atoms with van der Waals surface area (Å²) in [5, 5.41) is 13.6. The molecule has 10 heteroatoms. The van der Waals surface area contributed by atoms with Crippen LogP contribution >= 0.6 is 0 Å². The molecule has 0 aliphatic heterocycles. The van der Waals surface area contributed by atoms with E-state index in [9.17, 15) is 5.26 Å². The van der Waals surface area contributed by atoms with Gasteiger partial charge < -0.3 is 4.42 Å². The fourth-order valence-electron chi connectivity index (χ4n) is 7.40. The number of hydrogen-bond acceptors (Lipinski definition) is 10. The molecule has 4 heterocycles. The van der Waals surface area contributed by atoms with Gasteiger partial charge in [-0.05, 0) is 105 Å². The second kappa shape index (κ2) is 12.5. The van der Waals surface area contributed by atoms with E-state index < -0.39 is 0 Å². The molecule has 0 aliphatic carbocycles. The van der Waals surface area contributed by atoms with Crippen molar-refractivity contribution in [3.63, 3.8) is 0 Å². The van der Waals surface area contributed by atoms with Gasteiger partial charge in [0, 0.05) is 41.7 Å². The highest BCUT2D eigenvalue weighted by Crippen LogP contribution is 2.39. The number of aromatic nitrogens is 7. The van der Waals surface area contributed by atoms with Crippen molar-refractivity contribution in [3.8, 4) is 28.7 Å². The number of benzene rings is 7. The van der Waals surface area contributed by atoms with E-state index in [0.717, 1.165) is 60.7 Å². The Bertz CT molecular complexity index is 3340. The Balaban J connectivity index is 1.05. The van der Waals surface area contributed by atoms with E-state index in [2.05, 4.69) is 85.5 Å². The maximum Gasteiger partial charge on any atom is 0.227 e. The van der Waals surface area contributed by atoms with Crippen molar-refractivity contribution < 1.29 is 4.42 Å². The fraction of sp³-hybridized carbons (Fsp3) is 0. The van der Waals surface area contributed by atoms with Crippen molar-refractivity contribution in [3.05, 3.63) is 158 Å². The summed E-state index contributed by atoms with van der Waals surface area (Å²) >= 11 is 0. The van der Waals surface area contributed by atoms with Gasteiger partial charge in [-0.15, -0.1) is 0 Å². The Morgan fingerprint density at radius 1 is 0.482 bits per heavy atom. The highest BCUT2D eigenvalue weighted by atomic mass is 16.3. The molecular weight excluding hydrogens is 695 g/mol. The van der Waals surface area contributed by atoms with E-state index in [4.69, 9.17) is 19.4 Å². The van der Waals surface area contributed by atoms with Crippen LogP contribution in [0.1, 0.15) is 5.56 Å². The Morgan fingerprint density at radius 3 is 1.71 bits per heavy atom. The predicted octanol–water partition coefficient (Wildman–Crippen LogP) is 10.6. The Kier molecular flexibility index (Phi) is 6.99. The Labute approximate surface area is 318 Å². The zero-order chi connectivity index (χ0) is 37.2. The standard InChI is InChI=1S/C46H25N9O/c47-25-27-5-6-30-22-31(8-7-29(30)21-27)32-9-10-34-24-36(16-13-33(34)23-32)55(35-14-11-28(12-15-35)46-53-37-3-1-2-4-38(37)56-46)39-26-52-44-42-40(48-17-18-50-42)41-43(45(44)54-39)51-20-19-49-41/h1-24,26H. The van der Waals surface area contributed by atoms with Crippen LogP contribution in [0.25, 0.3) is 88.3 Å². The second-order valence-electron chi connectivity index (χ2n) is 13.4. The maximum atomic E-state index is 9.33. The monoisotopic (exact) mass is 719 g/mol. The first-order valence-electron chi connectivity index (χ1n) is 17.9. The Hall–Kier alpha value is -8.16. The Morgan fingerprint density at radius 2 is 1.04 bits per heavy atom. The molecule has 0 bridgehead atoms. The first kappa shape index (κ1) is 31.4. The summed E-state index contributed by atoms with van der Waals surface area (Å²) in [5.74, 6) is 1.14. The molecule has 11 aromatic rings. The smallest absolute Gasteiger partial charge is 0.227 e. The lowest BCUT2D eigenvalue weighted by atomic mass is 9.97. The van der Waals surface area contributed by atoms with E-state index in [1.807, 2.05) is 66.7 Å². The minimum atomic E-state index is 0.549. The van der Waals surface area contributed by atoms with Gasteiger partial charge in [0.2, 0.25) is 5.89 Å². The SMILES string of the molecule is N#Cc1ccc2cc(-c3ccc4cc(N(c5ccc(-c6nc7ccccc7o6)cc5)c5cnc6c7nccnc7c7nccnc7c6n5)ccc4c3)ccc2c1. The van der Waals surface area contributed by atoms with Crippen LogP contribution in [0.2, 0.25) is 0 Å². The number of oxazole rings is 1. The molecule has 0 N–H and O–H groups in total. The van der Waals surface area contributed by atoms with Crippen molar-refractivity contribution in [2.24, 2.45) is 0 Å². The minimum absolute atomic E-state index is 0.549. The van der Waals surface area contributed by atoms with Crippen molar-refractivity contribution in [1.29, 1.82) is 5.26 Å². The summed E-state index contributed by atoms with van der Waals surface area (Å²) in [7, 11) is 0. The summed E-state index contributed by atoms with van der Waals surface area (Å²) in [4.78, 5) is 35.4. The molecule has 0 amide bonds. The molecule has 0 aliphatic rings. The van der Waals surface area contributed by atoms with Gasteiger partial charge in [-0.2, -0.15) is 5.26 Å². The lowest BCUT2D eigenvalue weighted by Gasteiger charge is -2.25. The van der Waals surface area contributed by atoms with Crippen molar-refractivity contribution in [2.45, 2.75) is 0 Å². The molecule has 0 atom stereocenters. The number of nitriles is 1. The summed E-state index contributed by atoms with van der Waals surface area (Å²) in [6.07, 6.45) is 8.36. The third kappa shape index (κ3) is 5.15. The van der Waals surface area contributed by atoms with Crippen molar-refractivity contribution in [2.75, 3.05) is 4.90 Å². The summed E-state index contributed by atoms with van der Waals surface area (Å²) < 4.78 is 6.09. The van der Waals surface area contributed by atoms with Crippen LogP contribution in [0, 0.1) is 11.3 Å². The van der Waals surface area contributed by atoms with Crippen LogP contribution in [-0.2, 0) is 0 Å². The molecule has 56 heavy (non-hydrogen) atoms. The third-order valence-corrected chi connectivity index (χ3v) is 10.1. The van der Waals surface area contributed by atoms with Crippen molar-refractivity contribution >= 4 is 82.9 Å². The molecular formula is C46H25N9O. The molecule has 10 nitrogen and oxygen atoms in total. The number of hydrogen-bond donors (Lipinski definition) is 0. The number of rotatable bonds is 5. The van der Waals surface area contributed by atoms with Gasteiger partial charge in [0.1, 0.15) is 38.6 Å². The molecule has 260 valence electrons. The molecule has 7 aromatic carbocycles. The normalized spacial score (nSPS) is 11.6. The van der Waals surface area contributed by atoms with E-state index in [-0.39, 0.29) is 0 Å². The highest BCUT2D eigenvalue weighted by Gasteiger charge is 2.20. The van der Waals surface area contributed by atoms with Crippen LogP contribution in [0.15, 0.2) is 157 Å². The lowest BCUT2D eigenvalue weighted by molar-refractivity contribution is 0.620. The van der Waals surface area contributed by atoms with Gasteiger partial charge in [0.05, 0.1) is 17.8 Å². The van der Waals surface area contributed by atoms with Crippen molar-refractivity contribution in [1.82, 2.24) is 34.9 Å². The average Bonchev–Trinajstić information content (AvgIpc) is 3.71. The van der Waals surface area contributed by atoms with E-state index in [1.165, 1.54) is 0 Å². The molecule has 0 fully saturated rings. The minimum Gasteiger partial charge on any atom is -0.436 e. The first-order chi connectivity index (χ1) is 27.7.